The smallest absolute Gasteiger partial charge is 0.252 e. The lowest BCUT2D eigenvalue weighted by molar-refractivity contribution is 0.0842. The number of amides is 1. The number of thiophene rings is 1. The molecule has 0 radical (unpaired) electrons. The minimum atomic E-state index is -0.548. The van der Waals surface area contributed by atoms with E-state index in [1.165, 1.54) is 22.5 Å². The van der Waals surface area contributed by atoms with E-state index in [-0.39, 0.29) is 12.5 Å². The fourth-order valence-electron chi connectivity index (χ4n) is 2.78. The van der Waals surface area contributed by atoms with Crippen LogP contribution in [0.5, 0.6) is 0 Å². The van der Waals surface area contributed by atoms with Crippen LogP contribution in [0.1, 0.15) is 21.5 Å². The van der Waals surface area contributed by atoms with Gasteiger partial charge in [0.05, 0.1) is 6.10 Å². The molecule has 2 N–H and O–H groups in total. The Kier molecular flexibility index (Phi) is 4.87. The van der Waals surface area contributed by atoms with Gasteiger partial charge in [-0.2, -0.15) is 11.3 Å². The summed E-state index contributed by atoms with van der Waals surface area (Å²) in [7, 11) is 0. The first-order chi connectivity index (χ1) is 10.7. The Balaban J connectivity index is 1.46. The average molecular weight is 316 g/mol. The lowest BCUT2D eigenvalue weighted by atomic mass is 10.00. The Hall–Kier alpha value is -1.69. The lowest BCUT2D eigenvalue weighted by Crippen LogP contribution is -2.41. The van der Waals surface area contributed by atoms with Crippen molar-refractivity contribution in [3.8, 4) is 0 Å². The van der Waals surface area contributed by atoms with Crippen LogP contribution in [0.4, 0.5) is 0 Å². The van der Waals surface area contributed by atoms with Gasteiger partial charge in [0.1, 0.15) is 0 Å². The largest absolute Gasteiger partial charge is 0.390 e. The quantitative estimate of drug-likeness (QED) is 0.886. The van der Waals surface area contributed by atoms with Crippen LogP contribution in [0.15, 0.2) is 41.1 Å². The van der Waals surface area contributed by atoms with Gasteiger partial charge in [-0.25, -0.2) is 0 Å². The number of nitrogens with zero attached hydrogens (tertiary/aromatic N) is 1. The van der Waals surface area contributed by atoms with Crippen LogP contribution < -0.4 is 5.32 Å². The Bertz CT molecular complexity index is 627. The normalized spacial score (nSPS) is 16.0. The fraction of sp³-hybridized carbons (Fsp3) is 0.353. The third-order valence-corrected chi connectivity index (χ3v) is 4.64. The zero-order valence-electron chi connectivity index (χ0n) is 12.4. The number of carbonyl (C=O) groups excluding carboxylic acids is 1. The summed E-state index contributed by atoms with van der Waals surface area (Å²) in [4.78, 5) is 14.1. The third-order valence-electron chi connectivity index (χ3n) is 3.96. The van der Waals surface area contributed by atoms with Gasteiger partial charge in [0, 0.05) is 37.1 Å². The highest BCUT2D eigenvalue weighted by Gasteiger charge is 2.18. The first-order valence-corrected chi connectivity index (χ1v) is 8.44. The Labute approximate surface area is 134 Å². The number of fused-ring (bicyclic) bond motifs is 1. The van der Waals surface area contributed by atoms with Crippen LogP contribution in [0.25, 0.3) is 0 Å². The van der Waals surface area contributed by atoms with E-state index in [9.17, 15) is 9.90 Å². The average Bonchev–Trinajstić information content (AvgIpc) is 3.07. The molecule has 116 valence electrons. The molecule has 22 heavy (non-hydrogen) atoms. The van der Waals surface area contributed by atoms with Crippen LogP contribution in [0.2, 0.25) is 0 Å². The summed E-state index contributed by atoms with van der Waals surface area (Å²) in [6.07, 6.45) is 0.470. The predicted molar refractivity (Wildman–Crippen MR) is 88.1 cm³/mol. The molecule has 0 fully saturated rings. The molecule has 1 amide bonds. The SMILES string of the molecule is O=C(NCC(O)CN1CCc2ccccc2C1)c1ccsc1. The fourth-order valence-corrected chi connectivity index (χ4v) is 3.41. The zero-order chi connectivity index (χ0) is 15.4. The molecule has 1 aliphatic rings. The van der Waals surface area contributed by atoms with Gasteiger partial charge in [-0.15, -0.1) is 0 Å². The number of hydrogen-bond acceptors (Lipinski definition) is 4. The summed E-state index contributed by atoms with van der Waals surface area (Å²) in [5.74, 6) is -0.121. The lowest BCUT2D eigenvalue weighted by Gasteiger charge is -2.30. The van der Waals surface area contributed by atoms with Crippen LogP contribution in [-0.2, 0) is 13.0 Å². The Morgan fingerprint density at radius 2 is 2.14 bits per heavy atom. The highest BCUT2D eigenvalue weighted by molar-refractivity contribution is 7.08. The number of β-amino-alcohol motifs (C(OH)–C–C–N with tert-alkyl or cyclic N) is 1. The molecule has 1 unspecified atom stereocenters. The Morgan fingerprint density at radius 3 is 2.91 bits per heavy atom. The van der Waals surface area contributed by atoms with Gasteiger partial charge in [0.2, 0.25) is 0 Å². The van der Waals surface area contributed by atoms with E-state index in [1.54, 1.807) is 6.07 Å². The first-order valence-electron chi connectivity index (χ1n) is 7.50. The molecule has 1 aromatic heterocycles. The molecule has 1 atom stereocenters. The van der Waals surface area contributed by atoms with E-state index >= 15 is 0 Å². The molecule has 0 aliphatic carbocycles. The van der Waals surface area contributed by atoms with E-state index in [0.29, 0.717) is 12.1 Å². The Morgan fingerprint density at radius 1 is 1.32 bits per heavy atom. The number of hydrogen-bond donors (Lipinski definition) is 2. The molecule has 0 saturated heterocycles. The van der Waals surface area contributed by atoms with Crippen molar-refractivity contribution in [3.63, 3.8) is 0 Å². The number of aliphatic hydroxyl groups is 1. The predicted octanol–water partition coefficient (Wildman–Crippen LogP) is 1.90. The summed E-state index contributed by atoms with van der Waals surface area (Å²) in [5, 5.41) is 16.6. The summed E-state index contributed by atoms with van der Waals surface area (Å²) in [5.41, 5.74) is 3.39. The van der Waals surface area contributed by atoms with Crippen LogP contribution in [0, 0.1) is 0 Å². The van der Waals surface area contributed by atoms with Crippen molar-refractivity contribution in [2.24, 2.45) is 0 Å². The molecule has 1 aromatic carbocycles. The van der Waals surface area contributed by atoms with Crippen LogP contribution in [0.3, 0.4) is 0 Å². The highest BCUT2D eigenvalue weighted by atomic mass is 32.1. The summed E-state index contributed by atoms with van der Waals surface area (Å²) in [6.45, 7) is 2.68. The van der Waals surface area contributed by atoms with E-state index in [0.717, 1.165) is 19.5 Å². The standard InChI is InChI=1S/C17H20N2O2S/c20-16(9-18-17(21)15-6-8-22-12-15)11-19-7-5-13-3-1-2-4-14(13)10-19/h1-4,6,8,12,16,20H,5,7,9-11H2,(H,18,21). The minimum Gasteiger partial charge on any atom is -0.390 e. The minimum absolute atomic E-state index is 0.121. The van der Waals surface area contributed by atoms with Gasteiger partial charge in [0.15, 0.2) is 0 Å². The summed E-state index contributed by atoms with van der Waals surface area (Å²) >= 11 is 1.49. The molecule has 2 heterocycles. The van der Waals surface area contributed by atoms with Gasteiger partial charge in [-0.3, -0.25) is 9.69 Å². The second-order valence-corrected chi connectivity index (χ2v) is 6.41. The van der Waals surface area contributed by atoms with Crippen molar-refractivity contribution in [3.05, 3.63) is 57.8 Å². The second-order valence-electron chi connectivity index (χ2n) is 5.63. The van der Waals surface area contributed by atoms with Crippen molar-refractivity contribution >= 4 is 17.2 Å². The molecule has 4 nitrogen and oxygen atoms in total. The molecule has 1 aliphatic heterocycles. The maximum absolute atomic E-state index is 11.8. The summed E-state index contributed by atoms with van der Waals surface area (Å²) < 4.78 is 0. The third kappa shape index (κ3) is 3.74. The number of carbonyl (C=O) groups is 1. The van der Waals surface area contributed by atoms with Gasteiger partial charge >= 0.3 is 0 Å². The van der Waals surface area contributed by atoms with Crippen molar-refractivity contribution < 1.29 is 9.90 Å². The maximum atomic E-state index is 11.8. The monoisotopic (exact) mass is 316 g/mol. The van der Waals surface area contributed by atoms with E-state index in [4.69, 9.17) is 0 Å². The van der Waals surface area contributed by atoms with Crippen molar-refractivity contribution in [1.82, 2.24) is 10.2 Å². The summed E-state index contributed by atoms with van der Waals surface area (Å²) in [6, 6.07) is 10.2. The van der Waals surface area contributed by atoms with Crippen molar-refractivity contribution in [2.45, 2.75) is 19.1 Å². The molecule has 0 spiro atoms. The second kappa shape index (κ2) is 7.05. The number of nitrogens with one attached hydrogen (secondary N) is 1. The molecule has 0 bridgehead atoms. The molecule has 3 rings (SSSR count). The van der Waals surface area contributed by atoms with Crippen molar-refractivity contribution in [1.29, 1.82) is 0 Å². The van der Waals surface area contributed by atoms with Crippen LogP contribution in [-0.4, -0.2) is 41.7 Å². The first kappa shape index (κ1) is 15.2. The molecule has 5 heteroatoms. The molecule has 0 saturated carbocycles. The molecular weight excluding hydrogens is 296 g/mol. The molecular formula is C17H20N2O2S. The number of benzene rings is 1. The van der Waals surface area contributed by atoms with E-state index < -0.39 is 6.10 Å². The van der Waals surface area contributed by atoms with Gasteiger partial charge < -0.3 is 10.4 Å². The van der Waals surface area contributed by atoms with Gasteiger partial charge in [-0.1, -0.05) is 24.3 Å². The van der Waals surface area contributed by atoms with Crippen molar-refractivity contribution in [2.75, 3.05) is 19.6 Å². The maximum Gasteiger partial charge on any atom is 0.252 e. The van der Waals surface area contributed by atoms with E-state index in [2.05, 4.69) is 34.5 Å². The van der Waals surface area contributed by atoms with Gasteiger partial charge in [-0.05, 0) is 29.0 Å². The zero-order valence-corrected chi connectivity index (χ0v) is 13.2. The van der Waals surface area contributed by atoms with Crippen LogP contribution >= 0.6 is 11.3 Å². The topological polar surface area (TPSA) is 52.6 Å². The van der Waals surface area contributed by atoms with E-state index in [1.807, 2.05) is 10.8 Å². The highest BCUT2D eigenvalue weighted by Crippen LogP contribution is 2.18. The van der Waals surface area contributed by atoms with Gasteiger partial charge in [0.25, 0.3) is 5.91 Å². The number of aliphatic hydroxyl groups excluding tert-OH is 1. The molecule has 2 aromatic rings. The number of rotatable bonds is 5.